The maximum absolute atomic E-state index is 12.3. The van der Waals surface area contributed by atoms with Crippen molar-refractivity contribution in [3.8, 4) is 0 Å². The monoisotopic (exact) mass is 258 g/mol. The number of rotatable bonds is 3. The highest BCUT2D eigenvalue weighted by molar-refractivity contribution is 5.17. The third-order valence-electron chi connectivity index (χ3n) is 3.38. The molecule has 0 N–H and O–H groups in total. The fourth-order valence-corrected chi connectivity index (χ4v) is 2.45. The van der Waals surface area contributed by atoms with Crippen molar-refractivity contribution in [2.75, 3.05) is 13.1 Å². The number of alkyl halides is 3. The van der Waals surface area contributed by atoms with Crippen LogP contribution in [-0.4, -0.2) is 29.1 Å². The number of hydrogen-bond donors (Lipinski definition) is 0. The molecular weight excluding hydrogens is 241 g/mol. The molecule has 0 spiro atoms. The van der Waals surface area contributed by atoms with Crippen LogP contribution >= 0.6 is 0 Å². The molecule has 5 heteroatoms. The van der Waals surface area contributed by atoms with Crippen molar-refractivity contribution >= 4 is 0 Å². The van der Waals surface area contributed by atoms with E-state index in [1.807, 2.05) is 19.1 Å². The van der Waals surface area contributed by atoms with E-state index < -0.39 is 12.6 Å². The van der Waals surface area contributed by atoms with Crippen LogP contribution in [-0.2, 0) is 6.54 Å². The summed E-state index contributed by atoms with van der Waals surface area (Å²) in [5.74, 6) is -0.256. The van der Waals surface area contributed by atoms with Crippen LogP contribution in [0.5, 0.6) is 0 Å². The Hall–Kier alpha value is -1.10. The van der Waals surface area contributed by atoms with Gasteiger partial charge < -0.3 is 0 Å². The molecule has 1 atom stereocenters. The van der Waals surface area contributed by atoms with Gasteiger partial charge in [0.2, 0.25) is 0 Å². The van der Waals surface area contributed by atoms with Crippen molar-refractivity contribution in [1.29, 1.82) is 0 Å². The predicted molar refractivity (Wildman–Crippen MR) is 63.0 cm³/mol. The van der Waals surface area contributed by atoms with E-state index in [9.17, 15) is 13.2 Å². The minimum atomic E-state index is -4.04. The molecule has 2 rings (SSSR count). The van der Waals surface area contributed by atoms with Crippen LogP contribution < -0.4 is 0 Å². The molecule has 0 amide bonds. The Morgan fingerprint density at radius 1 is 1.44 bits per heavy atom. The Balaban J connectivity index is 1.88. The highest BCUT2D eigenvalue weighted by Gasteiger charge is 2.35. The van der Waals surface area contributed by atoms with Gasteiger partial charge in [0, 0.05) is 25.7 Å². The van der Waals surface area contributed by atoms with Gasteiger partial charge in [-0.3, -0.25) is 9.88 Å². The first-order chi connectivity index (χ1) is 8.44. The number of nitrogens with zero attached hydrogens (tertiary/aromatic N) is 2. The first kappa shape index (κ1) is 13.3. The van der Waals surface area contributed by atoms with E-state index in [0.29, 0.717) is 19.5 Å². The molecule has 100 valence electrons. The Kier molecular flexibility index (Phi) is 3.90. The second kappa shape index (κ2) is 5.26. The first-order valence-corrected chi connectivity index (χ1v) is 6.13. The van der Waals surface area contributed by atoms with Crippen LogP contribution in [0.25, 0.3) is 0 Å². The molecule has 1 aromatic rings. The van der Waals surface area contributed by atoms with Crippen LogP contribution in [0.4, 0.5) is 13.2 Å². The Morgan fingerprint density at radius 2 is 2.22 bits per heavy atom. The number of halogens is 3. The molecule has 1 aliphatic rings. The standard InChI is InChI=1S/C13H17F3N2/c1-10-3-2-5-17-12(10)9-18-6-4-11(8-18)7-13(14,15)16/h2-3,5,11H,4,6-9H2,1H3. The average molecular weight is 258 g/mol. The lowest BCUT2D eigenvalue weighted by molar-refractivity contribution is -0.143. The molecule has 0 aromatic carbocycles. The van der Waals surface area contributed by atoms with Crippen LogP contribution in [0.1, 0.15) is 24.1 Å². The van der Waals surface area contributed by atoms with Crippen molar-refractivity contribution in [2.45, 2.75) is 32.5 Å². The first-order valence-electron chi connectivity index (χ1n) is 6.13. The number of aryl methyl sites for hydroxylation is 1. The van der Waals surface area contributed by atoms with Crippen molar-refractivity contribution in [1.82, 2.24) is 9.88 Å². The molecule has 1 fully saturated rings. The summed E-state index contributed by atoms with van der Waals surface area (Å²) in [5, 5.41) is 0. The maximum atomic E-state index is 12.3. The molecule has 1 aromatic heterocycles. The van der Waals surface area contributed by atoms with E-state index in [1.165, 1.54) is 0 Å². The van der Waals surface area contributed by atoms with Gasteiger partial charge in [0.25, 0.3) is 0 Å². The zero-order valence-corrected chi connectivity index (χ0v) is 10.4. The van der Waals surface area contributed by atoms with Crippen LogP contribution in [0.2, 0.25) is 0 Å². The summed E-state index contributed by atoms with van der Waals surface area (Å²) in [6, 6.07) is 3.85. The topological polar surface area (TPSA) is 16.1 Å². The quantitative estimate of drug-likeness (QED) is 0.828. The molecule has 1 saturated heterocycles. The number of likely N-dealkylation sites (tertiary alicyclic amines) is 1. The summed E-state index contributed by atoms with van der Waals surface area (Å²) in [5.41, 5.74) is 2.06. The Morgan fingerprint density at radius 3 is 2.89 bits per heavy atom. The zero-order chi connectivity index (χ0) is 13.2. The largest absolute Gasteiger partial charge is 0.389 e. The van der Waals surface area contributed by atoms with Gasteiger partial charge >= 0.3 is 6.18 Å². The second-order valence-corrected chi connectivity index (χ2v) is 4.98. The molecule has 0 saturated carbocycles. The fraction of sp³-hybridized carbons (Fsp3) is 0.615. The number of pyridine rings is 1. The van der Waals surface area contributed by atoms with Gasteiger partial charge in [0.05, 0.1) is 5.69 Å². The highest BCUT2D eigenvalue weighted by atomic mass is 19.4. The van der Waals surface area contributed by atoms with Crippen LogP contribution in [0.15, 0.2) is 18.3 Å². The molecule has 0 aliphatic carbocycles. The molecule has 1 unspecified atom stereocenters. The zero-order valence-electron chi connectivity index (χ0n) is 10.4. The van der Waals surface area contributed by atoms with E-state index in [4.69, 9.17) is 0 Å². The molecular formula is C13H17F3N2. The van der Waals surface area contributed by atoms with E-state index in [0.717, 1.165) is 17.8 Å². The summed E-state index contributed by atoms with van der Waals surface area (Å²) >= 11 is 0. The minimum Gasteiger partial charge on any atom is -0.297 e. The Labute approximate surface area is 105 Å². The van der Waals surface area contributed by atoms with Gasteiger partial charge in [-0.05, 0) is 37.4 Å². The van der Waals surface area contributed by atoms with Crippen molar-refractivity contribution in [2.24, 2.45) is 5.92 Å². The van der Waals surface area contributed by atoms with Crippen molar-refractivity contribution in [3.05, 3.63) is 29.6 Å². The van der Waals surface area contributed by atoms with Crippen LogP contribution in [0.3, 0.4) is 0 Å². The lowest BCUT2D eigenvalue weighted by atomic mass is 10.1. The molecule has 18 heavy (non-hydrogen) atoms. The molecule has 0 radical (unpaired) electrons. The molecule has 1 aliphatic heterocycles. The summed E-state index contributed by atoms with van der Waals surface area (Å²) in [6.45, 7) is 3.89. The average Bonchev–Trinajstić information content (AvgIpc) is 2.66. The van der Waals surface area contributed by atoms with Crippen molar-refractivity contribution < 1.29 is 13.2 Å². The number of aromatic nitrogens is 1. The smallest absolute Gasteiger partial charge is 0.297 e. The number of hydrogen-bond acceptors (Lipinski definition) is 2. The van der Waals surface area contributed by atoms with Crippen LogP contribution in [0, 0.1) is 12.8 Å². The van der Waals surface area contributed by atoms with E-state index in [-0.39, 0.29) is 5.92 Å². The van der Waals surface area contributed by atoms with Gasteiger partial charge in [-0.1, -0.05) is 6.07 Å². The van der Waals surface area contributed by atoms with Gasteiger partial charge in [-0.15, -0.1) is 0 Å². The molecule has 2 nitrogen and oxygen atoms in total. The minimum absolute atomic E-state index is 0.256. The third-order valence-corrected chi connectivity index (χ3v) is 3.38. The van der Waals surface area contributed by atoms with Gasteiger partial charge in [0.15, 0.2) is 0 Å². The fourth-order valence-electron chi connectivity index (χ4n) is 2.45. The normalized spacial score (nSPS) is 21.4. The predicted octanol–water partition coefficient (Wildman–Crippen LogP) is 3.16. The maximum Gasteiger partial charge on any atom is 0.389 e. The third kappa shape index (κ3) is 3.70. The molecule has 2 heterocycles. The lowest BCUT2D eigenvalue weighted by Gasteiger charge is -2.17. The van der Waals surface area contributed by atoms with E-state index in [1.54, 1.807) is 6.20 Å². The van der Waals surface area contributed by atoms with E-state index in [2.05, 4.69) is 9.88 Å². The SMILES string of the molecule is Cc1cccnc1CN1CCC(CC(F)(F)F)C1. The van der Waals surface area contributed by atoms with Gasteiger partial charge in [-0.25, -0.2) is 0 Å². The lowest BCUT2D eigenvalue weighted by Crippen LogP contribution is -2.23. The van der Waals surface area contributed by atoms with Gasteiger partial charge in [-0.2, -0.15) is 13.2 Å². The van der Waals surface area contributed by atoms with Gasteiger partial charge in [0.1, 0.15) is 0 Å². The molecule has 0 bridgehead atoms. The highest BCUT2D eigenvalue weighted by Crippen LogP contribution is 2.30. The summed E-state index contributed by atoms with van der Waals surface area (Å²) in [7, 11) is 0. The van der Waals surface area contributed by atoms with E-state index >= 15 is 0 Å². The summed E-state index contributed by atoms with van der Waals surface area (Å²) < 4.78 is 36.9. The second-order valence-electron chi connectivity index (χ2n) is 4.98. The summed E-state index contributed by atoms with van der Waals surface area (Å²) in [4.78, 5) is 6.34. The Bertz CT molecular complexity index is 403. The summed E-state index contributed by atoms with van der Waals surface area (Å²) in [6.07, 6.45) is -2.34. The van der Waals surface area contributed by atoms with Crippen molar-refractivity contribution in [3.63, 3.8) is 0 Å².